The van der Waals surface area contributed by atoms with Gasteiger partial charge in [-0.3, -0.25) is 0 Å². The Morgan fingerprint density at radius 1 is 1.38 bits per heavy atom. The first-order chi connectivity index (χ1) is 7.83. The Hall–Kier alpha value is -1.79. The monoisotopic (exact) mass is 216 g/mol. The molecule has 2 N–H and O–H groups in total. The molecule has 0 aliphatic heterocycles. The molecule has 3 nitrogen and oxygen atoms in total. The van der Waals surface area contributed by atoms with E-state index >= 15 is 0 Å². The fourth-order valence-corrected chi connectivity index (χ4v) is 1.30. The number of nitriles is 1. The number of rotatable bonds is 6. The van der Waals surface area contributed by atoms with E-state index in [1.54, 1.807) is 0 Å². The smallest absolute Gasteiger partial charge is 0.0930 e. The van der Waals surface area contributed by atoms with Crippen molar-refractivity contribution in [3.8, 4) is 6.07 Å². The predicted molar refractivity (Wildman–Crippen MR) is 63.2 cm³/mol. The van der Waals surface area contributed by atoms with E-state index in [1.165, 1.54) is 11.6 Å². The second-order valence-corrected chi connectivity index (χ2v) is 3.49. The molecular formula is C13H16N2O. The van der Waals surface area contributed by atoms with Gasteiger partial charge in [0, 0.05) is 18.4 Å². The molecule has 3 heteroatoms. The van der Waals surface area contributed by atoms with Crippen LogP contribution in [0.3, 0.4) is 0 Å². The maximum atomic E-state index is 8.35. The van der Waals surface area contributed by atoms with Crippen molar-refractivity contribution >= 4 is 0 Å². The molecule has 84 valence electrons. The number of nitrogens with zero attached hydrogens (tertiary/aromatic N) is 1. The predicted octanol–water partition coefficient (Wildman–Crippen LogP) is 2.35. The minimum Gasteiger partial charge on any atom is -0.401 e. The first-order valence-electron chi connectivity index (χ1n) is 5.28. The number of ether oxygens (including phenoxy) is 1. The molecule has 1 rings (SSSR count). The van der Waals surface area contributed by atoms with Gasteiger partial charge in [0.1, 0.15) is 0 Å². The third-order valence-corrected chi connectivity index (χ3v) is 2.12. The summed E-state index contributed by atoms with van der Waals surface area (Å²) in [5, 5.41) is 8.35. The fraction of sp³-hybridized carbons (Fsp3) is 0.308. The molecule has 1 aromatic carbocycles. The van der Waals surface area contributed by atoms with E-state index in [9.17, 15) is 0 Å². The Morgan fingerprint density at radius 2 is 2.12 bits per heavy atom. The summed E-state index contributed by atoms with van der Waals surface area (Å²) in [6.07, 6.45) is 2.93. The molecule has 0 fully saturated rings. The van der Waals surface area contributed by atoms with Crippen molar-refractivity contribution in [2.24, 2.45) is 5.73 Å². The molecule has 0 saturated carbocycles. The average Bonchev–Trinajstić information content (AvgIpc) is 2.30. The molecule has 0 aromatic heterocycles. The van der Waals surface area contributed by atoms with E-state index in [-0.39, 0.29) is 0 Å². The highest BCUT2D eigenvalue weighted by Gasteiger charge is 1.93. The fourth-order valence-electron chi connectivity index (χ4n) is 1.30. The maximum Gasteiger partial charge on any atom is 0.0930 e. The second kappa shape index (κ2) is 7.49. The molecule has 0 aliphatic rings. The molecule has 0 heterocycles. The van der Waals surface area contributed by atoms with Crippen LogP contribution in [0.25, 0.3) is 0 Å². The van der Waals surface area contributed by atoms with Crippen molar-refractivity contribution in [3.63, 3.8) is 0 Å². The van der Waals surface area contributed by atoms with E-state index in [2.05, 4.69) is 0 Å². The molecule has 0 bridgehead atoms. The van der Waals surface area contributed by atoms with Gasteiger partial charge in [-0.25, -0.2) is 0 Å². The second-order valence-electron chi connectivity index (χ2n) is 3.49. The number of allylic oxidation sites excluding steroid dienone is 2. The summed E-state index contributed by atoms with van der Waals surface area (Å²) in [4.78, 5) is 0. The van der Waals surface area contributed by atoms with Crippen molar-refractivity contribution in [2.45, 2.75) is 19.4 Å². The lowest BCUT2D eigenvalue weighted by Crippen LogP contribution is -2.00. The SMILES string of the molecule is N#CC=C(N)CCCOCc1ccccc1. The molecule has 0 aliphatic carbocycles. The third kappa shape index (κ3) is 5.18. The van der Waals surface area contributed by atoms with Gasteiger partial charge in [-0.15, -0.1) is 0 Å². The van der Waals surface area contributed by atoms with Crippen molar-refractivity contribution in [1.29, 1.82) is 5.26 Å². The van der Waals surface area contributed by atoms with Crippen molar-refractivity contribution in [3.05, 3.63) is 47.7 Å². The quantitative estimate of drug-likeness (QED) is 0.586. The van der Waals surface area contributed by atoms with Crippen LogP contribution in [0.5, 0.6) is 0 Å². The van der Waals surface area contributed by atoms with Crippen LogP contribution in [0.2, 0.25) is 0 Å². The number of nitrogens with two attached hydrogens (primary N) is 1. The highest BCUT2D eigenvalue weighted by molar-refractivity contribution is 5.13. The number of hydrogen-bond donors (Lipinski definition) is 1. The van der Waals surface area contributed by atoms with Gasteiger partial charge in [0.2, 0.25) is 0 Å². The van der Waals surface area contributed by atoms with Crippen LogP contribution in [0.4, 0.5) is 0 Å². The van der Waals surface area contributed by atoms with Gasteiger partial charge in [0.15, 0.2) is 0 Å². The Kier molecular flexibility index (Phi) is 5.75. The van der Waals surface area contributed by atoms with Crippen molar-refractivity contribution < 1.29 is 4.74 Å². The lowest BCUT2D eigenvalue weighted by atomic mass is 10.2. The maximum absolute atomic E-state index is 8.35. The molecule has 1 aromatic rings. The van der Waals surface area contributed by atoms with E-state index in [4.69, 9.17) is 15.7 Å². The molecule has 16 heavy (non-hydrogen) atoms. The van der Waals surface area contributed by atoms with Crippen LogP contribution in [-0.2, 0) is 11.3 Å². The minimum atomic E-state index is 0.616. The summed E-state index contributed by atoms with van der Waals surface area (Å²) >= 11 is 0. The third-order valence-electron chi connectivity index (χ3n) is 2.12. The van der Waals surface area contributed by atoms with Crippen LogP contribution >= 0.6 is 0 Å². The van der Waals surface area contributed by atoms with E-state index < -0.39 is 0 Å². The summed E-state index contributed by atoms with van der Waals surface area (Å²) < 4.78 is 5.48. The first-order valence-corrected chi connectivity index (χ1v) is 5.28. The highest BCUT2D eigenvalue weighted by atomic mass is 16.5. The molecule has 0 spiro atoms. The van der Waals surface area contributed by atoms with Crippen LogP contribution in [0.15, 0.2) is 42.1 Å². The van der Waals surface area contributed by atoms with Gasteiger partial charge in [-0.2, -0.15) is 5.26 Å². The Labute approximate surface area is 96.1 Å². The zero-order chi connectivity index (χ0) is 11.6. The lowest BCUT2D eigenvalue weighted by Gasteiger charge is -2.04. The molecule has 0 unspecified atom stereocenters. The minimum absolute atomic E-state index is 0.616. The summed E-state index contributed by atoms with van der Waals surface area (Å²) in [7, 11) is 0. The molecule has 0 saturated heterocycles. The van der Waals surface area contributed by atoms with Crippen molar-refractivity contribution in [1.82, 2.24) is 0 Å². The van der Waals surface area contributed by atoms with E-state index in [0.29, 0.717) is 25.3 Å². The molecule has 0 atom stereocenters. The van der Waals surface area contributed by atoms with Crippen LogP contribution in [0, 0.1) is 11.3 Å². The van der Waals surface area contributed by atoms with Gasteiger partial charge in [0.05, 0.1) is 12.7 Å². The van der Waals surface area contributed by atoms with Crippen LogP contribution in [0.1, 0.15) is 18.4 Å². The largest absolute Gasteiger partial charge is 0.401 e. The van der Waals surface area contributed by atoms with Gasteiger partial charge in [-0.1, -0.05) is 30.3 Å². The van der Waals surface area contributed by atoms with E-state index in [1.807, 2.05) is 36.4 Å². The Balaban J connectivity index is 2.09. The lowest BCUT2D eigenvalue weighted by molar-refractivity contribution is 0.118. The number of hydrogen-bond acceptors (Lipinski definition) is 3. The molecule has 0 radical (unpaired) electrons. The van der Waals surface area contributed by atoms with Gasteiger partial charge in [0.25, 0.3) is 0 Å². The molecular weight excluding hydrogens is 200 g/mol. The Morgan fingerprint density at radius 3 is 2.81 bits per heavy atom. The summed E-state index contributed by atoms with van der Waals surface area (Å²) in [6, 6.07) is 11.9. The standard InChI is InChI=1S/C13H16N2O/c14-9-8-13(15)7-4-10-16-11-12-5-2-1-3-6-12/h1-3,5-6,8H,4,7,10-11,15H2. The van der Waals surface area contributed by atoms with Gasteiger partial charge < -0.3 is 10.5 Å². The summed E-state index contributed by atoms with van der Waals surface area (Å²) in [5.41, 5.74) is 7.35. The zero-order valence-corrected chi connectivity index (χ0v) is 9.23. The average molecular weight is 216 g/mol. The van der Waals surface area contributed by atoms with Gasteiger partial charge >= 0.3 is 0 Å². The summed E-state index contributed by atoms with van der Waals surface area (Å²) in [6.45, 7) is 1.29. The van der Waals surface area contributed by atoms with Crippen molar-refractivity contribution in [2.75, 3.05) is 6.61 Å². The number of benzene rings is 1. The van der Waals surface area contributed by atoms with Crippen LogP contribution < -0.4 is 5.73 Å². The highest BCUT2D eigenvalue weighted by Crippen LogP contribution is 2.03. The topological polar surface area (TPSA) is 59.0 Å². The summed E-state index contributed by atoms with van der Waals surface area (Å²) in [5.74, 6) is 0. The zero-order valence-electron chi connectivity index (χ0n) is 9.23. The normalized spacial score (nSPS) is 11.1. The molecule has 0 amide bonds. The van der Waals surface area contributed by atoms with E-state index in [0.717, 1.165) is 6.42 Å². The van der Waals surface area contributed by atoms with Crippen LogP contribution in [-0.4, -0.2) is 6.61 Å². The first kappa shape index (κ1) is 12.3. The Bertz CT molecular complexity index is 365. The van der Waals surface area contributed by atoms with Gasteiger partial charge in [-0.05, 0) is 18.4 Å².